The maximum atomic E-state index is 12.5. The van der Waals surface area contributed by atoms with Crippen LogP contribution in [0.25, 0.3) is 17.4 Å². The van der Waals surface area contributed by atoms with Crippen molar-refractivity contribution < 1.29 is 9.21 Å². The first-order valence-electron chi connectivity index (χ1n) is 8.33. The van der Waals surface area contributed by atoms with Gasteiger partial charge in [0.25, 0.3) is 5.91 Å². The summed E-state index contributed by atoms with van der Waals surface area (Å²) in [6.45, 7) is 3.88. The maximum absolute atomic E-state index is 12.5. The van der Waals surface area contributed by atoms with Crippen LogP contribution in [-0.4, -0.2) is 5.91 Å². The van der Waals surface area contributed by atoms with Gasteiger partial charge >= 0.3 is 0 Å². The topological polar surface area (TPSA) is 66.0 Å². The number of nitriles is 1. The van der Waals surface area contributed by atoms with Crippen LogP contribution in [0.2, 0.25) is 5.02 Å². The Hall–Kier alpha value is -3.29. The zero-order valence-electron chi connectivity index (χ0n) is 14.9. The Morgan fingerprint density at radius 2 is 1.93 bits per heavy atom. The number of rotatable bonds is 4. The SMILES string of the molecule is Cc1ccc(NC(=O)/C(C#N)=C/c2ccc(-c3ccccc3Cl)o2)c(C)c1. The smallest absolute Gasteiger partial charge is 0.266 e. The van der Waals surface area contributed by atoms with Gasteiger partial charge in [0.1, 0.15) is 23.2 Å². The second kappa shape index (κ2) is 7.94. The fourth-order valence-electron chi connectivity index (χ4n) is 2.67. The summed E-state index contributed by atoms with van der Waals surface area (Å²) in [5.41, 5.74) is 3.40. The molecule has 5 heteroatoms. The van der Waals surface area contributed by atoms with Gasteiger partial charge in [-0.1, -0.05) is 41.4 Å². The molecule has 0 atom stereocenters. The minimum atomic E-state index is -0.486. The number of hydrogen-bond donors (Lipinski definition) is 1. The zero-order chi connectivity index (χ0) is 19.4. The first-order valence-corrected chi connectivity index (χ1v) is 8.71. The highest BCUT2D eigenvalue weighted by Gasteiger charge is 2.13. The first-order chi connectivity index (χ1) is 13.0. The molecule has 1 heterocycles. The molecule has 0 aliphatic carbocycles. The molecule has 1 aromatic heterocycles. The fraction of sp³-hybridized carbons (Fsp3) is 0.0909. The van der Waals surface area contributed by atoms with Crippen LogP contribution >= 0.6 is 11.6 Å². The molecule has 0 aliphatic heterocycles. The molecule has 0 spiro atoms. The van der Waals surface area contributed by atoms with Gasteiger partial charge in [-0.05, 0) is 49.7 Å². The number of furan rings is 1. The summed E-state index contributed by atoms with van der Waals surface area (Å²) in [6, 6.07) is 18.4. The van der Waals surface area contributed by atoms with Crippen LogP contribution in [-0.2, 0) is 4.79 Å². The van der Waals surface area contributed by atoms with Crippen molar-refractivity contribution in [1.29, 1.82) is 5.26 Å². The van der Waals surface area contributed by atoms with E-state index in [4.69, 9.17) is 16.0 Å². The van der Waals surface area contributed by atoms with Gasteiger partial charge in [-0.15, -0.1) is 0 Å². The molecule has 1 N–H and O–H groups in total. The third-order valence-corrected chi connectivity index (χ3v) is 4.38. The van der Waals surface area contributed by atoms with Crippen LogP contribution in [0.4, 0.5) is 5.69 Å². The Labute approximate surface area is 162 Å². The van der Waals surface area contributed by atoms with Gasteiger partial charge < -0.3 is 9.73 Å². The maximum Gasteiger partial charge on any atom is 0.266 e. The van der Waals surface area contributed by atoms with Crippen molar-refractivity contribution in [3.05, 3.63) is 82.1 Å². The van der Waals surface area contributed by atoms with Crippen molar-refractivity contribution in [2.24, 2.45) is 0 Å². The Morgan fingerprint density at radius 3 is 2.63 bits per heavy atom. The predicted molar refractivity (Wildman–Crippen MR) is 107 cm³/mol. The van der Waals surface area contributed by atoms with Crippen LogP contribution in [0.15, 0.2) is 64.6 Å². The number of carbonyl (C=O) groups excluding carboxylic acids is 1. The van der Waals surface area contributed by atoms with Crippen molar-refractivity contribution in [2.75, 3.05) is 5.32 Å². The van der Waals surface area contributed by atoms with Crippen molar-refractivity contribution in [3.63, 3.8) is 0 Å². The number of aryl methyl sites for hydroxylation is 2. The Kier molecular flexibility index (Phi) is 5.44. The van der Waals surface area contributed by atoms with Crippen molar-refractivity contribution in [2.45, 2.75) is 13.8 Å². The Bertz CT molecular complexity index is 1070. The van der Waals surface area contributed by atoms with Crippen LogP contribution in [0.3, 0.4) is 0 Å². The summed E-state index contributed by atoms with van der Waals surface area (Å²) in [4.78, 5) is 12.5. The molecule has 27 heavy (non-hydrogen) atoms. The number of halogens is 1. The van der Waals surface area contributed by atoms with E-state index in [1.54, 1.807) is 18.2 Å². The molecule has 134 valence electrons. The normalized spacial score (nSPS) is 11.1. The molecule has 0 fully saturated rings. The summed E-state index contributed by atoms with van der Waals surface area (Å²) in [5, 5.41) is 12.7. The molecule has 1 amide bonds. The average Bonchev–Trinajstić information content (AvgIpc) is 3.10. The van der Waals surface area contributed by atoms with Crippen LogP contribution in [0.5, 0.6) is 0 Å². The third-order valence-electron chi connectivity index (χ3n) is 4.05. The molecule has 0 radical (unpaired) electrons. The Balaban J connectivity index is 1.83. The molecular formula is C22H17ClN2O2. The molecule has 2 aromatic carbocycles. The Morgan fingerprint density at radius 1 is 1.15 bits per heavy atom. The number of hydrogen-bond acceptors (Lipinski definition) is 3. The van der Waals surface area contributed by atoms with E-state index in [1.807, 2.05) is 56.3 Å². The lowest BCUT2D eigenvalue weighted by Gasteiger charge is -2.08. The summed E-state index contributed by atoms with van der Waals surface area (Å²) in [7, 11) is 0. The minimum absolute atomic E-state index is 0.0463. The minimum Gasteiger partial charge on any atom is -0.457 e. The average molecular weight is 377 g/mol. The van der Waals surface area contributed by atoms with Gasteiger partial charge in [0.05, 0.1) is 5.02 Å². The molecule has 4 nitrogen and oxygen atoms in total. The third kappa shape index (κ3) is 4.28. The van der Waals surface area contributed by atoms with E-state index in [-0.39, 0.29) is 5.57 Å². The van der Waals surface area contributed by atoms with Crippen LogP contribution in [0, 0.1) is 25.2 Å². The summed E-state index contributed by atoms with van der Waals surface area (Å²) >= 11 is 6.18. The van der Waals surface area contributed by atoms with Gasteiger partial charge in [0, 0.05) is 17.3 Å². The van der Waals surface area contributed by atoms with Crippen LogP contribution < -0.4 is 5.32 Å². The number of nitrogens with zero attached hydrogens (tertiary/aromatic N) is 1. The fourth-order valence-corrected chi connectivity index (χ4v) is 2.90. The highest BCUT2D eigenvalue weighted by molar-refractivity contribution is 6.33. The quantitative estimate of drug-likeness (QED) is 0.464. The lowest BCUT2D eigenvalue weighted by atomic mass is 10.1. The molecule has 3 aromatic rings. The predicted octanol–water partition coefficient (Wildman–Crippen LogP) is 5.76. The lowest BCUT2D eigenvalue weighted by Crippen LogP contribution is -2.14. The van der Waals surface area contributed by atoms with E-state index in [1.165, 1.54) is 6.08 Å². The highest BCUT2D eigenvalue weighted by atomic mass is 35.5. The van der Waals surface area contributed by atoms with E-state index in [9.17, 15) is 10.1 Å². The second-order valence-corrected chi connectivity index (χ2v) is 6.53. The lowest BCUT2D eigenvalue weighted by molar-refractivity contribution is -0.112. The van der Waals surface area contributed by atoms with E-state index in [2.05, 4.69) is 5.32 Å². The van der Waals surface area contributed by atoms with Gasteiger partial charge in [-0.2, -0.15) is 5.26 Å². The summed E-state index contributed by atoms with van der Waals surface area (Å²) in [6.07, 6.45) is 1.42. The number of anilines is 1. The van der Waals surface area contributed by atoms with E-state index in [0.29, 0.717) is 22.2 Å². The number of nitrogens with one attached hydrogen (secondary N) is 1. The van der Waals surface area contributed by atoms with Gasteiger partial charge in [0.15, 0.2) is 0 Å². The monoisotopic (exact) mass is 376 g/mol. The van der Waals surface area contributed by atoms with Gasteiger partial charge in [-0.3, -0.25) is 4.79 Å². The standard InChI is InChI=1S/C22H17ClN2O2/c1-14-7-9-20(15(2)11-14)25-22(26)16(13-24)12-17-8-10-21(27-17)18-5-3-4-6-19(18)23/h3-12H,1-2H3,(H,25,26)/b16-12+. The zero-order valence-corrected chi connectivity index (χ0v) is 15.7. The molecule has 0 saturated heterocycles. The molecule has 0 aliphatic rings. The van der Waals surface area contributed by atoms with Gasteiger partial charge in [0.2, 0.25) is 0 Å². The van der Waals surface area contributed by atoms with E-state index in [0.717, 1.165) is 16.7 Å². The number of carbonyl (C=O) groups is 1. The molecular weight excluding hydrogens is 360 g/mol. The second-order valence-electron chi connectivity index (χ2n) is 6.12. The van der Waals surface area contributed by atoms with Crippen molar-refractivity contribution >= 4 is 29.3 Å². The molecule has 0 saturated carbocycles. The van der Waals surface area contributed by atoms with Gasteiger partial charge in [-0.25, -0.2) is 0 Å². The summed E-state index contributed by atoms with van der Waals surface area (Å²) in [5.74, 6) is 0.483. The van der Waals surface area contributed by atoms with Crippen molar-refractivity contribution in [1.82, 2.24) is 0 Å². The number of amides is 1. The molecule has 3 rings (SSSR count). The highest BCUT2D eigenvalue weighted by Crippen LogP contribution is 2.29. The molecule has 0 bridgehead atoms. The molecule has 0 unspecified atom stereocenters. The van der Waals surface area contributed by atoms with Crippen LogP contribution in [0.1, 0.15) is 16.9 Å². The van der Waals surface area contributed by atoms with E-state index >= 15 is 0 Å². The largest absolute Gasteiger partial charge is 0.457 e. The van der Waals surface area contributed by atoms with E-state index < -0.39 is 5.91 Å². The summed E-state index contributed by atoms with van der Waals surface area (Å²) < 4.78 is 5.73. The first kappa shape index (κ1) is 18.5. The number of benzene rings is 2. The van der Waals surface area contributed by atoms with Crippen molar-refractivity contribution in [3.8, 4) is 17.4 Å².